The van der Waals surface area contributed by atoms with E-state index in [1.165, 1.54) is 6.07 Å². The second-order valence-electron chi connectivity index (χ2n) is 6.18. The highest BCUT2D eigenvalue weighted by atomic mass is 19.1. The fourth-order valence-electron chi connectivity index (χ4n) is 3.04. The second kappa shape index (κ2) is 6.78. The van der Waals surface area contributed by atoms with Crippen LogP contribution in [-0.2, 0) is 13.0 Å². The number of nitrogens with zero attached hydrogens (tertiary/aromatic N) is 4. The van der Waals surface area contributed by atoms with Gasteiger partial charge in [-0.15, -0.1) is 0 Å². The Hall–Kier alpha value is -2.12. The van der Waals surface area contributed by atoms with Crippen molar-refractivity contribution in [2.45, 2.75) is 19.1 Å². The molecule has 1 aliphatic heterocycles. The SMILES string of the molecule is CN(C)c1ncnc2c1CN(C[C@H](O)c1ccc(F)cc1F)CC2. The summed E-state index contributed by atoms with van der Waals surface area (Å²) in [6, 6.07) is 3.24. The van der Waals surface area contributed by atoms with Crippen molar-refractivity contribution in [1.29, 1.82) is 0 Å². The standard InChI is InChI=1S/C17H20F2N4O/c1-22(2)17-13-8-23(6-5-15(13)20-10-21-17)9-16(24)12-4-3-11(18)7-14(12)19/h3-4,7,10,16,24H,5-6,8-9H2,1-2H3/t16-/m0/s1. The number of aliphatic hydroxyl groups is 1. The van der Waals surface area contributed by atoms with Crippen molar-refractivity contribution in [2.75, 3.05) is 32.1 Å². The molecule has 0 bridgehead atoms. The number of benzene rings is 1. The molecule has 0 saturated carbocycles. The Morgan fingerprint density at radius 2 is 2.08 bits per heavy atom. The van der Waals surface area contributed by atoms with Crippen LogP contribution in [0, 0.1) is 11.6 Å². The number of anilines is 1. The number of aliphatic hydroxyl groups excluding tert-OH is 1. The van der Waals surface area contributed by atoms with Crippen molar-refractivity contribution >= 4 is 5.82 Å². The van der Waals surface area contributed by atoms with Gasteiger partial charge in [0.05, 0.1) is 11.8 Å². The van der Waals surface area contributed by atoms with E-state index in [4.69, 9.17) is 0 Å². The van der Waals surface area contributed by atoms with Gasteiger partial charge in [-0.25, -0.2) is 18.7 Å². The maximum Gasteiger partial charge on any atom is 0.136 e. The van der Waals surface area contributed by atoms with Crippen molar-refractivity contribution in [3.63, 3.8) is 0 Å². The largest absolute Gasteiger partial charge is 0.387 e. The van der Waals surface area contributed by atoms with E-state index in [-0.39, 0.29) is 12.1 Å². The van der Waals surface area contributed by atoms with Crippen LogP contribution in [-0.4, -0.2) is 47.2 Å². The zero-order valence-corrected chi connectivity index (χ0v) is 13.7. The summed E-state index contributed by atoms with van der Waals surface area (Å²) in [5, 5.41) is 10.3. The first-order chi connectivity index (χ1) is 11.5. The van der Waals surface area contributed by atoms with Crippen LogP contribution in [0.3, 0.4) is 0 Å². The Balaban J connectivity index is 1.76. The summed E-state index contributed by atoms with van der Waals surface area (Å²) < 4.78 is 26.8. The van der Waals surface area contributed by atoms with Crippen molar-refractivity contribution in [3.05, 3.63) is 53.0 Å². The van der Waals surface area contributed by atoms with Gasteiger partial charge >= 0.3 is 0 Å². The lowest BCUT2D eigenvalue weighted by Crippen LogP contribution is -2.35. The molecule has 0 fully saturated rings. The summed E-state index contributed by atoms with van der Waals surface area (Å²) in [4.78, 5) is 12.6. The molecule has 1 aliphatic rings. The van der Waals surface area contributed by atoms with Gasteiger partial charge in [-0.05, 0) is 6.07 Å². The molecule has 1 aromatic heterocycles. The minimum atomic E-state index is -1.01. The van der Waals surface area contributed by atoms with Gasteiger partial charge in [-0.2, -0.15) is 0 Å². The van der Waals surface area contributed by atoms with Crippen molar-refractivity contribution in [3.8, 4) is 0 Å². The molecule has 0 unspecified atom stereocenters. The van der Waals surface area contributed by atoms with E-state index in [1.807, 2.05) is 23.9 Å². The van der Waals surface area contributed by atoms with Gasteiger partial charge < -0.3 is 10.0 Å². The predicted molar refractivity (Wildman–Crippen MR) is 86.7 cm³/mol. The van der Waals surface area contributed by atoms with E-state index in [0.29, 0.717) is 6.54 Å². The van der Waals surface area contributed by atoms with E-state index >= 15 is 0 Å². The molecule has 0 aliphatic carbocycles. The number of hydrogen-bond acceptors (Lipinski definition) is 5. The van der Waals surface area contributed by atoms with E-state index in [0.717, 1.165) is 42.2 Å². The minimum Gasteiger partial charge on any atom is -0.387 e. The molecule has 3 rings (SSSR count). The second-order valence-corrected chi connectivity index (χ2v) is 6.18. The first-order valence-corrected chi connectivity index (χ1v) is 7.81. The average Bonchev–Trinajstić information content (AvgIpc) is 2.53. The Kier molecular flexibility index (Phi) is 4.73. The third kappa shape index (κ3) is 3.37. The van der Waals surface area contributed by atoms with Crippen LogP contribution >= 0.6 is 0 Å². The molecule has 0 radical (unpaired) electrons. The van der Waals surface area contributed by atoms with E-state index in [9.17, 15) is 13.9 Å². The van der Waals surface area contributed by atoms with Crippen molar-refractivity contribution < 1.29 is 13.9 Å². The number of halogens is 2. The quantitative estimate of drug-likeness (QED) is 0.926. The number of hydrogen-bond donors (Lipinski definition) is 1. The zero-order valence-electron chi connectivity index (χ0n) is 13.7. The first-order valence-electron chi connectivity index (χ1n) is 7.81. The van der Waals surface area contributed by atoms with Crippen LogP contribution in [0.5, 0.6) is 0 Å². The molecule has 0 spiro atoms. The monoisotopic (exact) mass is 334 g/mol. The van der Waals surface area contributed by atoms with Crippen LogP contribution in [0.4, 0.5) is 14.6 Å². The van der Waals surface area contributed by atoms with Crippen LogP contribution in [0.1, 0.15) is 22.9 Å². The molecule has 1 atom stereocenters. The van der Waals surface area contributed by atoms with Crippen LogP contribution in [0.25, 0.3) is 0 Å². The van der Waals surface area contributed by atoms with E-state index in [1.54, 1.807) is 6.33 Å². The molecule has 1 aromatic carbocycles. The topological polar surface area (TPSA) is 52.5 Å². The van der Waals surface area contributed by atoms with Gasteiger partial charge in [0.2, 0.25) is 0 Å². The van der Waals surface area contributed by atoms with Crippen LogP contribution in [0.15, 0.2) is 24.5 Å². The fourth-order valence-corrected chi connectivity index (χ4v) is 3.04. The molecule has 128 valence electrons. The number of rotatable bonds is 4. The molecular formula is C17H20F2N4O. The molecular weight excluding hydrogens is 314 g/mol. The Bertz CT molecular complexity index is 739. The first kappa shape index (κ1) is 16.7. The highest BCUT2D eigenvalue weighted by Gasteiger charge is 2.24. The lowest BCUT2D eigenvalue weighted by Gasteiger charge is -2.31. The maximum absolute atomic E-state index is 13.8. The molecule has 7 heteroatoms. The lowest BCUT2D eigenvalue weighted by molar-refractivity contribution is 0.102. The van der Waals surface area contributed by atoms with Gasteiger partial charge in [0.1, 0.15) is 23.8 Å². The highest BCUT2D eigenvalue weighted by Crippen LogP contribution is 2.26. The average molecular weight is 334 g/mol. The van der Waals surface area contributed by atoms with E-state index < -0.39 is 17.7 Å². The Labute approximate surface area is 139 Å². The molecule has 2 heterocycles. The molecule has 24 heavy (non-hydrogen) atoms. The van der Waals surface area contributed by atoms with Crippen LogP contribution in [0.2, 0.25) is 0 Å². The molecule has 0 amide bonds. The van der Waals surface area contributed by atoms with Gasteiger partial charge in [0.15, 0.2) is 0 Å². The molecule has 2 aromatic rings. The third-order valence-electron chi connectivity index (χ3n) is 4.23. The van der Waals surface area contributed by atoms with Crippen molar-refractivity contribution in [1.82, 2.24) is 14.9 Å². The summed E-state index contributed by atoms with van der Waals surface area (Å²) >= 11 is 0. The molecule has 1 N–H and O–H groups in total. The smallest absolute Gasteiger partial charge is 0.136 e. The third-order valence-corrected chi connectivity index (χ3v) is 4.23. The number of β-amino-alcohol motifs (C(OH)–C–C–N with tert-alkyl or cyclic N) is 1. The maximum atomic E-state index is 13.8. The van der Waals surface area contributed by atoms with E-state index in [2.05, 4.69) is 9.97 Å². The summed E-state index contributed by atoms with van der Waals surface area (Å²) in [7, 11) is 3.84. The van der Waals surface area contributed by atoms with Gasteiger partial charge in [0, 0.05) is 57.3 Å². The minimum absolute atomic E-state index is 0.111. The number of aromatic nitrogens is 2. The highest BCUT2D eigenvalue weighted by molar-refractivity contribution is 5.48. The Morgan fingerprint density at radius 3 is 2.79 bits per heavy atom. The molecule has 5 nitrogen and oxygen atoms in total. The lowest BCUT2D eigenvalue weighted by atomic mass is 10.0. The summed E-state index contributed by atoms with van der Waals surface area (Å²) in [5.41, 5.74) is 2.15. The summed E-state index contributed by atoms with van der Waals surface area (Å²) in [6.45, 7) is 1.57. The fraction of sp³-hybridized carbons (Fsp3) is 0.412. The van der Waals surface area contributed by atoms with Gasteiger partial charge in [-0.3, -0.25) is 4.90 Å². The number of fused-ring (bicyclic) bond motifs is 1. The normalized spacial score (nSPS) is 15.9. The van der Waals surface area contributed by atoms with Gasteiger partial charge in [0.25, 0.3) is 0 Å². The summed E-state index contributed by atoms with van der Waals surface area (Å²) in [5.74, 6) is -0.521. The Morgan fingerprint density at radius 1 is 1.29 bits per heavy atom. The predicted octanol–water partition coefficient (Wildman–Crippen LogP) is 1.91. The van der Waals surface area contributed by atoms with Crippen molar-refractivity contribution in [2.24, 2.45) is 0 Å². The molecule has 0 saturated heterocycles. The summed E-state index contributed by atoms with van der Waals surface area (Å²) in [6.07, 6.45) is 1.30. The van der Waals surface area contributed by atoms with Gasteiger partial charge in [-0.1, -0.05) is 6.07 Å². The van der Waals surface area contributed by atoms with Crippen LogP contribution < -0.4 is 4.90 Å². The zero-order chi connectivity index (χ0) is 17.3.